The molecule has 1 heterocycles. The number of methoxy groups -OCH3 is 1. The third kappa shape index (κ3) is 2.94. The van der Waals surface area contributed by atoms with Gasteiger partial charge in [0.2, 0.25) is 0 Å². The van der Waals surface area contributed by atoms with Gasteiger partial charge in [-0.2, -0.15) is 9.97 Å². The summed E-state index contributed by atoms with van der Waals surface area (Å²) in [6.07, 6.45) is 2.80. The maximum Gasteiger partial charge on any atom is 0.316 e. The van der Waals surface area contributed by atoms with E-state index in [1.54, 1.807) is 0 Å². The molecule has 0 fully saturated rings. The molecule has 0 radical (unpaired) electrons. The van der Waals surface area contributed by atoms with E-state index in [1.807, 2.05) is 0 Å². The number of amides is 1. The molecule has 0 aliphatic heterocycles. The predicted octanol–water partition coefficient (Wildman–Crippen LogP) is -0.651. The number of aromatic nitrogens is 2. The molecule has 2 N–H and O–H groups in total. The Hall–Kier alpha value is -1.85. The second kappa shape index (κ2) is 4.24. The number of carbonyl (C=O) groups is 1. The maximum atomic E-state index is 10.3. The minimum Gasteiger partial charge on any atom is -0.481 e. The van der Waals surface area contributed by atoms with Gasteiger partial charge in [-0.3, -0.25) is 4.79 Å². The number of hydrogen-bond donors (Lipinski definition) is 1. The molecule has 0 saturated carbocycles. The predicted molar refractivity (Wildman–Crippen MR) is 43.3 cm³/mol. The van der Waals surface area contributed by atoms with Crippen LogP contribution in [0.4, 0.5) is 0 Å². The lowest BCUT2D eigenvalue weighted by Gasteiger charge is -2.02. The molecule has 13 heavy (non-hydrogen) atoms. The van der Waals surface area contributed by atoms with Crippen LogP contribution >= 0.6 is 0 Å². The second-order valence-electron chi connectivity index (χ2n) is 2.16. The lowest BCUT2D eigenvalue weighted by Crippen LogP contribution is -2.20. The van der Waals surface area contributed by atoms with Gasteiger partial charge < -0.3 is 15.2 Å². The van der Waals surface area contributed by atoms with Crippen LogP contribution in [0.3, 0.4) is 0 Å². The van der Waals surface area contributed by atoms with E-state index in [2.05, 4.69) is 9.97 Å². The van der Waals surface area contributed by atoms with Gasteiger partial charge in [0.15, 0.2) is 12.4 Å². The molecule has 0 bridgehead atoms. The monoisotopic (exact) mass is 183 g/mol. The first kappa shape index (κ1) is 9.24. The zero-order valence-electron chi connectivity index (χ0n) is 7.06. The number of nitrogens with two attached hydrogens (primary N) is 1. The number of carbonyl (C=O) groups excluding carboxylic acids is 1. The van der Waals surface area contributed by atoms with E-state index in [-0.39, 0.29) is 12.6 Å². The highest BCUT2D eigenvalue weighted by molar-refractivity contribution is 5.75. The van der Waals surface area contributed by atoms with Crippen molar-refractivity contribution in [2.45, 2.75) is 0 Å². The first-order chi connectivity index (χ1) is 6.22. The lowest BCUT2D eigenvalue weighted by molar-refractivity contribution is -0.119. The molecule has 1 rings (SSSR count). The van der Waals surface area contributed by atoms with Crippen molar-refractivity contribution in [1.29, 1.82) is 0 Å². The molecule has 1 amide bonds. The van der Waals surface area contributed by atoms with Crippen molar-refractivity contribution in [1.82, 2.24) is 9.97 Å². The summed E-state index contributed by atoms with van der Waals surface area (Å²) in [5.41, 5.74) is 4.87. The second-order valence-corrected chi connectivity index (χ2v) is 2.16. The van der Waals surface area contributed by atoms with Crippen molar-refractivity contribution >= 4 is 5.91 Å². The number of rotatable bonds is 4. The van der Waals surface area contributed by atoms with Gasteiger partial charge in [-0.1, -0.05) is 0 Å². The van der Waals surface area contributed by atoms with Crippen LogP contribution < -0.4 is 15.2 Å². The van der Waals surface area contributed by atoms with Crippen molar-refractivity contribution in [3.05, 3.63) is 12.4 Å². The van der Waals surface area contributed by atoms with Crippen LogP contribution in [-0.4, -0.2) is 29.6 Å². The molecule has 6 nitrogen and oxygen atoms in total. The van der Waals surface area contributed by atoms with E-state index >= 15 is 0 Å². The van der Waals surface area contributed by atoms with Gasteiger partial charge in [-0.15, -0.1) is 0 Å². The topological polar surface area (TPSA) is 87.3 Å². The van der Waals surface area contributed by atoms with Crippen LogP contribution in [0.1, 0.15) is 0 Å². The number of nitrogens with zero attached hydrogens (tertiary/aromatic N) is 2. The highest BCUT2D eigenvalue weighted by Gasteiger charge is 1.99. The van der Waals surface area contributed by atoms with Crippen LogP contribution in [0.5, 0.6) is 11.8 Å². The Labute approximate surface area is 74.7 Å². The summed E-state index contributed by atoms with van der Waals surface area (Å²) in [6.45, 7) is -0.185. The van der Waals surface area contributed by atoms with Gasteiger partial charge in [0.05, 0.1) is 19.5 Å². The fourth-order valence-corrected chi connectivity index (χ4v) is 0.639. The van der Waals surface area contributed by atoms with Crippen LogP contribution in [0.2, 0.25) is 0 Å². The largest absolute Gasteiger partial charge is 0.481 e. The van der Waals surface area contributed by atoms with Crippen molar-refractivity contribution in [3.8, 4) is 11.8 Å². The molecule has 0 saturated heterocycles. The molecular formula is C7H9N3O3. The normalized spacial score (nSPS) is 9.31. The zero-order valence-corrected chi connectivity index (χ0v) is 7.06. The summed E-state index contributed by atoms with van der Waals surface area (Å²) in [7, 11) is 1.46. The molecule has 1 aromatic heterocycles. The van der Waals surface area contributed by atoms with Gasteiger partial charge >= 0.3 is 6.01 Å². The van der Waals surface area contributed by atoms with Gasteiger partial charge in [0.25, 0.3) is 5.91 Å². The third-order valence-electron chi connectivity index (χ3n) is 1.17. The number of hydrogen-bond acceptors (Lipinski definition) is 5. The van der Waals surface area contributed by atoms with Crippen molar-refractivity contribution in [2.75, 3.05) is 13.7 Å². The van der Waals surface area contributed by atoms with E-state index in [0.29, 0.717) is 5.75 Å². The van der Waals surface area contributed by atoms with Crippen LogP contribution in [-0.2, 0) is 4.79 Å². The zero-order chi connectivity index (χ0) is 9.68. The van der Waals surface area contributed by atoms with Crippen LogP contribution in [0.25, 0.3) is 0 Å². The molecule has 0 spiro atoms. The minimum absolute atomic E-state index is 0.185. The molecule has 0 aliphatic rings. The molecular weight excluding hydrogens is 174 g/mol. The van der Waals surface area contributed by atoms with E-state index in [9.17, 15) is 4.79 Å². The van der Waals surface area contributed by atoms with Crippen molar-refractivity contribution in [3.63, 3.8) is 0 Å². The summed E-state index contributed by atoms with van der Waals surface area (Å²) in [5.74, 6) is -0.171. The molecule has 0 aliphatic carbocycles. The van der Waals surface area contributed by atoms with E-state index < -0.39 is 5.91 Å². The van der Waals surface area contributed by atoms with Crippen LogP contribution in [0.15, 0.2) is 12.4 Å². The Morgan fingerprint density at radius 1 is 1.54 bits per heavy atom. The fraction of sp³-hybridized carbons (Fsp3) is 0.286. The Kier molecular flexibility index (Phi) is 3.02. The Bertz CT molecular complexity index is 286. The van der Waals surface area contributed by atoms with Gasteiger partial charge in [-0.05, 0) is 0 Å². The highest BCUT2D eigenvalue weighted by Crippen LogP contribution is 2.08. The summed E-state index contributed by atoms with van der Waals surface area (Å²) in [6, 6.07) is 0.242. The van der Waals surface area contributed by atoms with Crippen molar-refractivity contribution < 1.29 is 14.3 Å². The molecule has 0 aromatic carbocycles. The molecule has 1 aromatic rings. The fourth-order valence-electron chi connectivity index (χ4n) is 0.639. The SMILES string of the molecule is COc1ncc(OCC(N)=O)cn1. The minimum atomic E-state index is -0.546. The van der Waals surface area contributed by atoms with Gasteiger partial charge in [0, 0.05) is 0 Å². The summed E-state index contributed by atoms with van der Waals surface area (Å²) < 4.78 is 9.64. The van der Waals surface area contributed by atoms with E-state index in [0.717, 1.165) is 0 Å². The van der Waals surface area contributed by atoms with E-state index in [4.69, 9.17) is 15.2 Å². The first-order valence-electron chi connectivity index (χ1n) is 3.49. The summed E-state index contributed by atoms with van der Waals surface area (Å²) in [4.78, 5) is 17.9. The average Bonchev–Trinajstić information content (AvgIpc) is 2.15. The molecule has 6 heteroatoms. The molecule has 0 unspecified atom stereocenters. The first-order valence-corrected chi connectivity index (χ1v) is 3.49. The van der Waals surface area contributed by atoms with Crippen LogP contribution in [0, 0.1) is 0 Å². The maximum absolute atomic E-state index is 10.3. The molecule has 70 valence electrons. The average molecular weight is 183 g/mol. The third-order valence-corrected chi connectivity index (χ3v) is 1.17. The van der Waals surface area contributed by atoms with Crippen molar-refractivity contribution in [2.24, 2.45) is 5.73 Å². The Morgan fingerprint density at radius 3 is 2.62 bits per heavy atom. The lowest BCUT2D eigenvalue weighted by atomic mass is 10.6. The quantitative estimate of drug-likeness (QED) is 0.670. The Morgan fingerprint density at radius 2 is 2.15 bits per heavy atom. The molecule has 0 atom stereocenters. The smallest absolute Gasteiger partial charge is 0.316 e. The number of primary amides is 1. The summed E-state index contributed by atoms with van der Waals surface area (Å²) in [5, 5.41) is 0. The number of ether oxygens (including phenoxy) is 2. The van der Waals surface area contributed by atoms with E-state index in [1.165, 1.54) is 19.5 Å². The highest BCUT2D eigenvalue weighted by atomic mass is 16.5. The Balaban J connectivity index is 2.54. The summed E-state index contributed by atoms with van der Waals surface area (Å²) >= 11 is 0. The van der Waals surface area contributed by atoms with Gasteiger partial charge in [0.1, 0.15) is 0 Å². The standard InChI is InChI=1S/C7H9N3O3/c1-12-7-9-2-5(3-10-7)13-4-6(8)11/h2-3H,4H2,1H3,(H2,8,11). The van der Waals surface area contributed by atoms with Gasteiger partial charge in [-0.25, -0.2) is 0 Å².